The molecule has 0 amide bonds. The van der Waals surface area contributed by atoms with Crippen LogP contribution in [0, 0.1) is 12.1 Å². The quantitative estimate of drug-likeness (QED) is 0.167. The number of hydrogen-bond donors (Lipinski definition) is 0. The molecular weight excluding hydrogens is 700 g/mol. The smallest absolute Gasteiger partial charge is 0.509 e. The van der Waals surface area contributed by atoms with Gasteiger partial charge in [-0.2, -0.15) is 17.2 Å². The normalized spacial score (nSPS) is 11.5. The Kier molecular flexibility index (Phi) is 7.30. The van der Waals surface area contributed by atoms with Crippen molar-refractivity contribution in [3.63, 3.8) is 0 Å². The average molecular weight is 728 g/mol. The van der Waals surface area contributed by atoms with Crippen LogP contribution in [0.3, 0.4) is 0 Å². The first-order valence-electron chi connectivity index (χ1n) is 13.7. The molecule has 0 bridgehead atoms. The number of hydrogen-bond acceptors (Lipinski definition) is 3. The monoisotopic (exact) mass is 727 g/mol. The molecule has 7 aromatic rings. The Morgan fingerprint density at radius 2 is 1.52 bits per heavy atom. The van der Waals surface area contributed by atoms with Crippen molar-refractivity contribution in [3.8, 4) is 34.1 Å². The molecule has 7 rings (SSSR count). The number of fused-ring (bicyclic) bond motifs is 3. The first kappa shape index (κ1) is 27.7. The van der Waals surface area contributed by atoms with Gasteiger partial charge in [0.1, 0.15) is 5.82 Å². The fourth-order valence-electron chi connectivity index (χ4n) is 5.16. The maximum Gasteiger partial charge on any atom is 4.00 e. The molecule has 0 radical (unpaired) electrons. The Morgan fingerprint density at radius 1 is 0.738 bits per heavy atom. The second kappa shape index (κ2) is 11.1. The molecule has 0 unspecified atom stereocenters. The van der Waals surface area contributed by atoms with Gasteiger partial charge in [-0.15, -0.1) is 35.7 Å². The summed E-state index contributed by atoms with van der Waals surface area (Å²) >= 11 is 0. The SMILES string of the molecule is CC(C)(C)c1ccnc(-n2c3[c-]c(Oc4[c-]c(-n5cc(-c6ccccc6)cn5)ccc4)ccc3c3ccccc32)c1.[Pt+4]. The van der Waals surface area contributed by atoms with Crippen molar-refractivity contribution >= 4 is 21.8 Å². The van der Waals surface area contributed by atoms with Gasteiger partial charge in [0.15, 0.2) is 0 Å². The molecule has 6 heteroatoms. The second-order valence-electron chi connectivity index (χ2n) is 11.1. The van der Waals surface area contributed by atoms with E-state index in [0.29, 0.717) is 11.5 Å². The van der Waals surface area contributed by atoms with Crippen LogP contribution in [0.25, 0.3) is 44.4 Å². The minimum Gasteiger partial charge on any atom is -0.509 e. The molecule has 0 aliphatic rings. The van der Waals surface area contributed by atoms with Crippen LogP contribution in [0.1, 0.15) is 26.3 Å². The van der Waals surface area contributed by atoms with E-state index in [0.717, 1.165) is 44.4 Å². The van der Waals surface area contributed by atoms with Gasteiger partial charge in [0.05, 0.1) is 6.20 Å². The number of nitrogens with zero attached hydrogens (tertiary/aromatic N) is 4. The van der Waals surface area contributed by atoms with E-state index < -0.39 is 0 Å². The number of ether oxygens (including phenoxy) is 1. The number of rotatable bonds is 5. The molecule has 0 N–H and O–H groups in total. The first-order chi connectivity index (χ1) is 19.9. The standard InChI is InChI=1S/C36H28N4O.Pt/c1-36(2,3)27-18-19-37-35(20-27)40-33-15-8-7-14-31(33)32-17-16-30(22-34(32)40)41-29-13-9-12-28(21-29)39-24-26(23-38-39)25-10-5-4-6-11-25;/h4-20,23-24H,1-3H3;/q-2;+4. The van der Waals surface area contributed by atoms with Crippen molar-refractivity contribution < 1.29 is 25.8 Å². The minimum absolute atomic E-state index is 0. The van der Waals surface area contributed by atoms with Crippen molar-refractivity contribution in [2.75, 3.05) is 0 Å². The summed E-state index contributed by atoms with van der Waals surface area (Å²) in [5.41, 5.74) is 6.18. The Hall–Kier alpha value is -4.47. The number of aromatic nitrogens is 4. The van der Waals surface area contributed by atoms with E-state index in [1.54, 1.807) is 0 Å². The van der Waals surface area contributed by atoms with Crippen LogP contribution in [0.2, 0.25) is 0 Å². The van der Waals surface area contributed by atoms with Crippen LogP contribution < -0.4 is 4.74 Å². The van der Waals surface area contributed by atoms with E-state index in [9.17, 15) is 0 Å². The maximum absolute atomic E-state index is 6.32. The summed E-state index contributed by atoms with van der Waals surface area (Å²) < 4.78 is 10.3. The summed E-state index contributed by atoms with van der Waals surface area (Å²) in [6.45, 7) is 6.64. The zero-order valence-corrected chi connectivity index (χ0v) is 25.8. The molecule has 4 aromatic carbocycles. The summed E-state index contributed by atoms with van der Waals surface area (Å²) in [6, 6.07) is 39.6. The summed E-state index contributed by atoms with van der Waals surface area (Å²) in [4.78, 5) is 4.76. The third-order valence-corrected chi connectivity index (χ3v) is 7.31. The van der Waals surface area contributed by atoms with Crippen LogP contribution >= 0.6 is 0 Å². The second-order valence-corrected chi connectivity index (χ2v) is 11.1. The molecule has 0 spiro atoms. The van der Waals surface area contributed by atoms with Crippen LogP contribution in [0.15, 0.2) is 116 Å². The van der Waals surface area contributed by atoms with Crippen molar-refractivity contribution in [1.29, 1.82) is 0 Å². The Bertz CT molecular complexity index is 2020. The Morgan fingerprint density at radius 3 is 2.36 bits per heavy atom. The minimum atomic E-state index is 0. The van der Waals surface area contributed by atoms with Crippen molar-refractivity contribution in [3.05, 3.63) is 133 Å². The fraction of sp³-hybridized carbons (Fsp3) is 0.111. The third-order valence-electron chi connectivity index (χ3n) is 7.31. The summed E-state index contributed by atoms with van der Waals surface area (Å²) in [5, 5.41) is 6.80. The molecule has 0 fully saturated rings. The predicted octanol–water partition coefficient (Wildman–Crippen LogP) is 8.72. The van der Waals surface area contributed by atoms with Gasteiger partial charge in [0, 0.05) is 35.0 Å². The molecule has 0 saturated carbocycles. The average Bonchev–Trinajstić information content (AvgIpc) is 3.61. The van der Waals surface area contributed by atoms with Gasteiger partial charge in [-0.3, -0.25) is 4.68 Å². The predicted molar refractivity (Wildman–Crippen MR) is 164 cm³/mol. The Balaban J connectivity index is 0.00000316. The van der Waals surface area contributed by atoms with Crippen LogP contribution in [-0.2, 0) is 26.5 Å². The van der Waals surface area contributed by atoms with Crippen molar-refractivity contribution in [2.45, 2.75) is 26.2 Å². The topological polar surface area (TPSA) is 44.9 Å². The zero-order valence-electron chi connectivity index (χ0n) is 23.5. The molecule has 42 heavy (non-hydrogen) atoms. The number of benzene rings is 4. The molecule has 0 saturated heterocycles. The number of para-hydroxylation sites is 1. The van der Waals surface area contributed by atoms with Gasteiger partial charge >= 0.3 is 21.1 Å². The van der Waals surface area contributed by atoms with Crippen LogP contribution in [0.4, 0.5) is 0 Å². The molecule has 206 valence electrons. The van der Waals surface area contributed by atoms with E-state index in [4.69, 9.17) is 9.72 Å². The third kappa shape index (κ3) is 5.17. The van der Waals surface area contributed by atoms with E-state index in [1.165, 1.54) is 5.56 Å². The maximum atomic E-state index is 6.32. The summed E-state index contributed by atoms with van der Waals surface area (Å²) in [5.74, 6) is 2.05. The molecule has 0 atom stereocenters. The van der Waals surface area contributed by atoms with Gasteiger partial charge < -0.3 is 9.30 Å². The fourth-order valence-corrected chi connectivity index (χ4v) is 5.16. The summed E-state index contributed by atoms with van der Waals surface area (Å²) in [7, 11) is 0. The van der Waals surface area contributed by atoms with Crippen molar-refractivity contribution in [2.24, 2.45) is 0 Å². The molecule has 3 heterocycles. The van der Waals surface area contributed by atoms with Crippen LogP contribution in [0.5, 0.6) is 11.5 Å². The van der Waals surface area contributed by atoms with Crippen LogP contribution in [-0.4, -0.2) is 19.3 Å². The van der Waals surface area contributed by atoms with E-state index in [-0.39, 0.29) is 26.5 Å². The van der Waals surface area contributed by atoms with Gasteiger partial charge in [-0.1, -0.05) is 74.8 Å². The van der Waals surface area contributed by atoms with Crippen molar-refractivity contribution in [1.82, 2.24) is 19.3 Å². The van der Waals surface area contributed by atoms with Gasteiger partial charge in [0.2, 0.25) is 0 Å². The number of pyridine rings is 1. The van der Waals surface area contributed by atoms with Gasteiger partial charge in [-0.25, -0.2) is 4.98 Å². The van der Waals surface area contributed by atoms with Gasteiger partial charge in [-0.05, 0) is 45.8 Å². The molecule has 0 aliphatic carbocycles. The molecular formula is C36H28N4OPt+2. The summed E-state index contributed by atoms with van der Waals surface area (Å²) in [6.07, 6.45) is 5.75. The van der Waals surface area contributed by atoms with E-state index in [1.807, 2.05) is 65.7 Å². The van der Waals surface area contributed by atoms with E-state index in [2.05, 4.69) is 97.2 Å². The largest absolute Gasteiger partial charge is 4.00 e. The molecule has 5 nitrogen and oxygen atoms in total. The first-order valence-corrected chi connectivity index (χ1v) is 13.7. The Labute approximate surface area is 259 Å². The van der Waals surface area contributed by atoms with Gasteiger partial charge in [0.25, 0.3) is 0 Å². The molecule has 3 aromatic heterocycles. The molecule has 0 aliphatic heterocycles. The van der Waals surface area contributed by atoms with E-state index >= 15 is 0 Å². The zero-order chi connectivity index (χ0) is 28.0.